The molecule has 0 aromatic heterocycles. The zero-order chi connectivity index (χ0) is 19.8. The van der Waals surface area contributed by atoms with Gasteiger partial charge in [-0.1, -0.05) is 29.9 Å². The molecule has 1 heterocycles. The van der Waals surface area contributed by atoms with Crippen molar-refractivity contribution in [1.82, 2.24) is 4.90 Å². The minimum Gasteiger partial charge on any atom is -0.508 e. The molecule has 0 spiro atoms. The molecule has 0 bridgehead atoms. The number of morpholine rings is 1. The van der Waals surface area contributed by atoms with Crippen molar-refractivity contribution in [3.8, 4) is 5.75 Å². The van der Waals surface area contributed by atoms with Crippen molar-refractivity contribution in [2.45, 2.75) is 13.3 Å². The fourth-order valence-corrected chi connectivity index (χ4v) is 3.16. The maximum Gasteiger partial charge on any atom is 0.178 e. The van der Waals surface area contributed by atoms with Gasteiger partial charge in [-0.2, -0.15) is 0 Å². The van der Waals surface area contributed by atoms with Gasteiger partial charge in [0.25, 0.3) is 0 Å². The van der Waals surface area contributed by atoms with E-state index in [1.807, 2.05) is 18.2 Å². The quantitative estimate of drug-likeness (QED) is 0.699. The van der Waals surface area contributed by atoms with Crippen LogP contribution in [0.4, 0.5) is 0 Å². The van der Waals surface area contributed by atoms with Gasteiger partial charge in [-0.25, -0.2) is 0 Å². The first-order valence-corrected chi connectivity index (χ1v) is 9.62. The van der Waals surface area contributed by atoms with Gasteiger partial charge < -0.3 is 14.6 Å². The molecule has 28 heavy (non-hydrogen) atoms. The number of carbonyl (C=O) groups is 1. The Morgan fingerprint density at radius 2 is 2.04 bits per heavy atom. The van der Waals surface area contributed by atoms with Crippen LogP contribution in [0.5, 0.6) is 5.75 Å². The lowest BCUT2D eigenvalue weighted by molar-refractivity contribution is -0.110. The molecule has 1 aromatic carbocycles. The van der Waals surface area contributed by atoms with E-state index in [9.17, 15) is 9.90 Å². The number of benzene rings is 1. The zero-order valence-corrected chi connectivity index (χ0v) is 16.3. The number of carbonyl (C=O) groups excluding carboxylic acids is 1. The summed E-state index contributed by atoms with van der Waals surface area (Å²) < 4.78 is 11.3. The summed E-state index contributed by atoms with van der Waals surface area (Å²) in [6, 6.07) is 6.79. The van der Waals surface area contributed by atoms with Crippen LogP contribution in [-0.4, -0.2) is 55.2 Å². The third-order valence-corrected chi connectivity index (χ3v) is 4.78. The number of phenols is 1. The lowest BCUT2D eigenvalue weighted by atomic mass is 10.1. The maximum atomic E-state index is 12.1. The summed E-state index contributed by atoms with van der Waals surface area (Å²) in [7, 11) is 0. The average molecular weight is 381 g/mol. The molecule has 0 amide bonds. The zero-order valence-electron chi connectivity index (χ0n) is 16.3. The minimum atomic E-state index is -0.0984. The predicted octanol–water partition coefficient (Wildman–Crippen LogP) is 3.48. The second-order valence-electron chi connectivity index (χ2n) is 6.99. The molecule has 0 unspecified atom stereocenters. The second kappa shape index (κ2) is 10.1. The number of rotatable bonds is 8. The summed E-state index contributed by atoms with van der Waals surface area (Å²) in [5, 5.41) is 9.45. The van der Waals surface area contributed by atoms with Gasteiger partial charge in [0, 0.05) is 26.1 Å². The number of hydrogen-bond donors (Lipinski definition) is 1. The molecule has 148 valence electrons. The average Bonchev–Trinajstić information content (AvgIpc) is 3.05. The summed E-state index contributed by atoms with van der Waals surface area (Å²) in [6.07, 6.45) is 9.39. The molecule has 1 aliphatic heterocycles. The van der Waals surface area contributed by atoms with E-state index in [1.165, 1.54) is 11.6 Å². The molecule has 5 heteroatoms. The van der Waals surface area contributed by atoms with E-state index in [0.717, 1.165) is 56.2 Å². The highest BCUT2D eigenvalue weighted by Crippen LogP contribution is 2.26. The van der Waals surface area contributed by atoms with Gasteiger partial charge in [0.1, 0.15) is 18.1 Å². The van der Waals surface area contributed by atoms with Crippen molar-refractivity contribution in [2.24, 2.45) is 0 Å². The standard InChI is InChI=1S/C23H27NO4/c1-18-15-23(28-14-11-24-9-12-27-13-10-24)17-20(18)6-8-21(25)7-5-19-3-2-4-22(26)16-19/h2-8,16-17,26H,9-15H2,1H3/b7-5+,8-6+. The van der Waals surface area contributed by atoms with Gasteiger partial charge in [-0.3, -0.25) is 9.69 Å². The lowest BCUT2D eigenvalue weighted by Crippen LogP contribution is -2.38. The molecule has 0 radical (unpaired) electrons. The first kappa shape index (κ1) is 20.1. The molecule has 1 aromatic rings. The predicted molar refractivity (Wildman–Crippen MR) is 110 cm³/mol. The number of aromatic hydroxyl groups is 1. The first-order valence-electron chi connectivity index (χ1n) is 9.62. The van der Waals surface area contributed by atoms with Gasteiger partial charge >= 0.3 is 0 Å². The number of phenolic OH excluding ortho intramolecular Hbond substituents is 1. The Balaban J connectivity index is 1.47. The molecule has 1 fully saturated rings. The molecule has 5 nitrogen and oxygen atoms in total. The van der Waals surface area contributed by atoms with Crippen LogP contribution in [0.1, 0.15) is 18.9 Å². The fourth-order valence-electron chi connectivity index (χ4n) is 3.16. The van der Waals surface area contributed by atoms with E-state index in [1.54, 1.807) is 30.4 Å². The van der Waals surface area contributed by atoms with Crippen molar-refractivity contribution in [2.75, 3.05) is 39.5 Å². The number of allylic oxidation sites excluding steroid dienone is 6. The van der Waals surface area contributed by atoms with E-state index in [4.69, 9.17) is 9.47 Å². The van der Waals surface area contributed by atoms with Crippen LogP contribution in [0, 0.1) is 0 Å². The van der Waals surface area contributed by atoms with E-state index < -0.39 is 0 Å². The van der Waals surface area contributed by atoms with Crippen LogP contribution in [-0.2, 0) is 14.3 Å². The maximum absolute atomic E-state index is 12.1. The first-order chi connectivity index (χ1) is 13.6. The summed E-state index contributed by atoms with van der Waals surface area (Å²) >= 11 is 0. The molecule has 2 aliphatic rings. The number of ether oxygens (including phenoxy) is 2. The van der Waals surface area contributed by atoms with Crippen LogP contribution < -0.4 is 0 Å². The number of nitrogens with zero attached hydrogens (tertiary/aromatic N) is 1. The highest BCUT2D eigenvalue weighted by Gasteiger charge is 2.14. The third-order valence-electron chi connectivity index (χ3n) is 4.78. The van der Waals surface area contributed by atoms with Gasteiger partial charge in [-0.15, -0.1) is 0 Å². The highest BCUT2D eigenvalue weighted by molar-refractivity contribution is 6.02. The Kier molecular flexibility index (Phi) is 7.23. The minimum absolute atomic E-state index is 0.0984. The largest absolute Gasteiger partial charge is 0.508 e. The van der Waals surface area contributed by atoms with Crippen molar-refractivity contribution >= 4 is 11.9 Å². The second-order valence-corrected chi connectivity index (χ2v) is 6.99. The SMILES string of the molecule is CC1=C(/C=C/C(=O)/C=C/c2cccc(O)c2)C=C(OCCN2CCOCC2)C1. The topological polar surface area (TPSA) is 59.0 Å². The Morgan fingerprint density at radius 3 is 2.82 bits per heavy atom. The molecule has 0 saturated carbocycles. The number of hydrogen-bond acceptors (Lipinski definition) is 5. The van der Waals surface area contributed by atoms with Crippen LogP contribution in [0.3, 0.4) is 0 Å². The van der Waals surface area contributed by atoms with Crippen molar-refractivity contribution in [3.63, 3.8) is 0 Å². The lowest BCUT2D eigenvalue weighted by Gasteiger charge is -2.26. The molecule has 3 rings (SSSR count). The van der Waals surface area contributed by atoms with E-state index in [0.29, 0.717) is 6.61 Å². The third kappa shape index (κ3) is 6.22. The van der Waals surface area contributed by atoms with Crippen LogP contribution in [0.2, 0.25) is 0 Å². The van der Waals surface area contributed by atoms with Crippen molar-refractivity contribution in [3.05, 3.63) is 71.0 Å². The van der Waals surface area contributed by atoms with Gasteiger partial charge in [-0.05, 0) is 48.4 Å². The summed E-state index contributed by atoms with van der Waals surface area (Å²) in [5.41, 5.74) is 3.01. The van der Waals surface area contributed by atoms with Crippen LogP contribution >= 0.6 is 0 Å². The van der Waals surface area contributed by atoms with Crippen LogP contribution in [0.15, 0.2) is 65.5 Å². The Hall–Kier alpha value is -2.63. The van der Waals surface area contributed by atoms with Gasteiger partial charge in [0.15, 0.2) is 5.78 Å². The molecular formula is C23H27NO4. The normalized spacial score (nSPS) is 18.2. The van der Waals surface area contributed by atoms with Crippen LogP contribution in [0.25, 0.3) is 6.08 Å². The Morgan fingerprint density at radius 1 is 1.25 bits per heavy atom. The Bertz CT molecular complexity index is 814. The molecular weight excluding hydrogens is 354 g/mol. The molecule has 1 N–H and O–H groups in total. The van der Waals surface area contributed by atoms with E-state index in [2.05, 4.69) is 11.8 Å². The van der Waals surface area contributed by atoms with Gasteiger partial charge in [0.05, 0.1) is 13.2 Å². The fraction of sp³-hybridized carbons (Fsp3) is 0.348. The molecule has 0 atom stereocenters. The van der Waals surface area contributed by atoms with E-state index in [-0.39, 0.29) is 11.5 Å². The summed E-state index contributed by atoms with van der Waals surface area (Å²) in [4.78, 5) is 14.4. The molecule has 1 aliphatic carbocycles. The molecule has 1 saturated heterocycles. The summed E-state index contributed by atoms with van der Waals surface area (Å²) in [5.74, 6) is 1.04. The smallest absolute Gasteiger partial charge is 0.178 e. The van der Waals surface area contributed by atoms with E-state index >= 15 is 0 Å². The number of ketones is 1. The highest BCUT2D eigenvalue weighted by atomic mass is 16.5. The van der Waals surface area contributed by atoms with Crippen molar-refractivity contribution in [1.29, 1.82) is 0 Å². The Labute approximate surface area is 166 Å². The van der Waals surface area contributed by atoms with Crippen molar-refractivity contribution < 1.29 is 19.4 Å². The van der Waals surface area contributed by atoms with Gasteiger partial charge in [0.2, 0.25) is 0 Å². The monoisotopic (exact) mass is 381 g/mol. The summed E-state index contributed by atoms with van der Waals surface area (Å²) in [6.45, 7) is 7.16.